The van der Waals surface area contributed by atoms with Crippen LogP contribution in [0.2, 0.25) is 10.0 Å². The van der Waals surface area contributed by atoms with E-state index in [1.54, 1.807) is 23.5 Å². The van der Waals surface area contributed by atoms with Crippen LogP contribution < -0.4 is 4.90 Å². The zero-order chi connectivity index (χ0) is 16.6. The molecule has 0 aliphatic carbocycles. The second kappa shape index (κ2) is 6.57. The standard InChI is InChI=1S/C14H15Cl2N3O2S2/c1-10-9-17-14(22-10)18-5-7-19(8-6-18)23(20,21)12-4-2-3-11(15)13(12)16/h2-4,9H,5-8H2,1H3. The monoisotopic (exact) mass is 391 g/mol. The second-order valence-electron chi connectivity index (χ2n) is 5.20. The van der Waals surface area contributed by atoms with Gasteiger partial charge in [0.25, 0.3) is 0 Å². The highest BCUT2D eigenvalue weighted by molar-refractivity contribution is 7.89. The molecule has 0 bridgehead atoms. The Hall–Kier alpha value is -0.860. The topological polar surface area (TPSA) is 53.5 Å². The lowest BCUT2D eigenvalue weighted by Gasteiger charge is -2.33. The summed E-state index contributed by atoms with van der Waals surface area (Å²) in [6.07, 6.45) is 1.83. The Labute approximate surface area is 149 Å². The number of nitrogens with zero attached hydrogens (tertiary/aromatic N) is 3. The molecule has 1 fully saturated rings. The Morgan fingerprint density at radius 2 is 1.87 bits per heavy atom. The zero-order valence-corrected chi connectivity index (χ0v) is 15.5. The van der Waals surface area contributed by atoms with E-state index in [-0.39, 0.29) is 14.9 Å². The fraction of sp³-hybridized carbons (Fsp3) is 0.357. The van der Waals surface area contributed by atoms with Crippen molar-refractivity contribution in [2.75, 3.05) is 31.1 Å². The summed E-state index contributed by atoms with van der Waals surface area (Å²) in [7, 11) is -3.64. The number of rotatable bonds is 3. The summed E-state index contributed by atoms with van der Waals surface area (Å²) in [6, 6.07) is 4.65. The predicted molar refractivity (Wildman–Crippen MR) is 94.3 cm³/mol. The summed E-state index contributed by atoms with van der Waals surface area (Å²) in [5.74, 6) is 0. The largest absolute Gasteiger partial charge is 0.345 e. The van der Waals surface area contributed by atoms with E-state index < -0.39 is 10.0 Å². The molecular formula is C14H15Cl2N3O2S2. The van der Waals surface area contributed by atoms with Gasteiger partial charge in [0.05, 0.1) is 10.0 Å². The van der Waals surface area contributed by atoms with Crippen molar-refractivity contribution in [2.45, 2.75) is 11.8 Å². The quantitative estimate of drug-likeness (QED) is 0.805. The fourth-order valence-electron chi connectivity index (χ4n) is 2.43. The molecule has 2 aromatic rings. The molecule has 0 spiro atoms. The average molecular weight is 392 g/mol. The number of aromatic nitrogens is 1. The Morgan fingerprint density at radius 3 is 2.48 bits per heavy atom. The van der Waals surface area contributed by atoms with Crippen LogP contribution in [0, 0.1) is 6.92 Å². The Bertz CT molecular complexity index is 815. The van der Waals surface area contributed by atoms with Crippen molar-refractivity contribution in [3.63, 3.8) is 0 Å². The van der Waals surface area contributed by atoms with Crippen molar-refractivity contribution in [2.24, 2.45) is 0 Å². The number of sulfonamides is 1. The van der Waals surface area contributed by atoms with Gasteiger partial charge in [-0.05, 0) is 19.1 Å². The van der Waals surface area contributed by atoms with Crippen LogP contribution in [-0.4, -0.2) is 43.9 Å². The molecule has 0 radical (unpaired) electrons. The lowest BCUT2D eigenvalue weighted by Crippen LogP contribution is -2.48. The number of benzene rings is 1. The summed E-state index contributed by atoms with van der Waals surface area (Å²) >= 11 is 13.6. The molecule has 5 nitrogen and oxygen atoms in total. The number of halogens is 2. The van der Waals surface area contributed by atoms with Gasteiger partial charge in [0, 0.05) is 37.3 Å². The first-order valence-corrected chi connectivity index (χ1v) is 10.0. The predicted octanol–water partition coefficient (Wildman–Crippen LogP) is 3.27. The van der Waals surface area contributed by atoms with Gasteiger partial charge >= 0.3 is 0 Å². The maximum absolute atomic E-state index is 12.8. The third-order valence-electron chi connectivity index (χ3n) is 3.65. The van der Waals surface area contributed by atoms with Crippen molar-refractivity contribution in [1.29, 1.82) is 0 Å². The number of aryl methyl sites for hydroxylation is 1. The molecule has 1 aliphatic rings. The van der Waals surface area contributed by atoms with E-state index in [9.17, 15) is 8.42 Å². The van der Waals surface area contributed by atoms with Gasteiger partial charge in [-0.15, -0.1) is 11.3 Å². The van der Waals surface area contributed by atoms with Gasteiger partial charge in [0.15, 0.2) is 5.13 Å². The van der Waals surface area contributed by atoms with Crippen molar-refractivity contribution >= 4 is 49.7 Å². The molecule has 124 valence electrons. The molecule has 1 saturated heterocycles. The first-order chi connectivity index (χ1) is 10.9. The maximum atomic E-state index is 12.8. The minimum absolute atomic E-state index is 0.0604. The van der Waals surface area contributed by atoms with Crippen molar-refractivity contribution in [3.8, 4) is 0 Å². The van der Waals surface area contributed by atoms with Crippen molar-refractivity contribution < 1.29 is 8.42 Å². The number of hydrogen-bond donors (Lipinski definition) is 0. The molecule has 1 aromatic carbocycles. The Balaban J connectivity index is 1.77. The highest BCUT2D eigenvalue weighted by Crippen LogP contribution is 2.32. The molecule has 3 rings (SSSR count). The van der Waals surface area contributed by atoms with E-state index in [0.717, 1.165) is 10.0 Å². The first-order valence-electron chi connectivity index (χ1n) is 7.01. The summed E-state index contributed by atoms with van der Waals surface area (Å²) in [6.45, 7) is 3.99. The summed E-state index contributed by atoms with van der Waals surface area (Å²) < 4.78 is 27.0. The summed E-state index contributed by atoms with van der Waals surface area (Å²) in [5, 5.41) is 1.25. The SMILES string of the molecule is Cc1cnc(N2CCN(S(=O)(=O)c3cccc(Cl)c3Cl)CC2)s1. The van der Waals surface area contributed by atoms with E-state index in [2.05, 4.69) is 9.88 Å². The van der Waals surface area contributed by atoms with Crippen molar-refractivity contribution in [1.82, 2.24) is 9.29 Å². The average Bonchev–Trinajstić information content (AvgIpc) is 2.96. The van der Waals surface area contributed by atoms with E-state index in [4.69, 9.17) is 23.2 Å². The van der Waals surface area contributed by atoms with Crippen LogP contribution in [0.3, 0.4) is 0 Å². The van der Waals surface area contributed by atoms with Crippen LogP contribution in [0.1, 0.15) is 4.88 Å². The molecule has 1 aliphatic heterocycles. The number of anilines is 1. The van der Waals surface area contributed by atoms with E-state index in [0.29, 0.717) is 26.2 Å². The smallest absolute Gasteiger partial charge is 0.244 e. The third kappa shape index (κ3) is 3.34. The van der Waals surface area contributed by atoms with Gasteiger partial charge in [-0.1, -0.05) is 29.3 Å². The van der Waals surface area contributed by atoms with Crippen LogP contribution >= 0.6 is 34.5 Å². The van der Waals surface area contributed by atoms with E-state index in [1.807, 2.05) is 13.1 Å². The summed E-state index contributed by atoms with van der Waals surface area (Å²) in [5.41, 5.74) is 0. The normalized spacial score (nSPS) is 16.7. The molecule has 0 unspecified atom stereocenters. The highest BCUT2D eigenvalue weighted by Gasteiger charge is 2.31. The molecule has 0 N–H and O–H groups in total. The number of hydrogen-bond acceptors (Lipinski definition) is 5. The van der Waals surface area contributed by atoms with E-state index in [1.165, 1.54) is 10.4 Å². The molecule has 0 atom stereocenters. The number of thiazole rings is 1. The lowest BCUT2D eigenvalue weighted by atomic mass is 10.4. The van der Waals surface area contributed by atoms with Crippen LogP contribution in [0.15, 0.2) is 29.3 Å². The van der Waals surface area contributed by atoms with Crippen LogP contribution in [0.5, 0.6) is 0 Å². The minimum Gasteiger partial charge on any atom is -0.345 e. The van der Waals surface area contributed by atoms with Gasteiger partial charge in [0.2, 0.25) is 10.0 Å². The molecule has 23 heavy (non-hydrogen) atoms. The molecule has 0 saturated carbocycles. The van der Waals surface area contributed by atoms with E-state index >= 15 is 0 Å². The maximum Gasteiger partial charge on any atom is 0.244 e. The molecular weight excluding hydrogens is 377 g/mol. The third-order valence-corrected chi connectivity index (χ3v) is 7.50. The van der Waals surface area contributed by atoms with Crippen LogP contribution in [0.4, 0.5) is 5.13 Å². The molecule has 0 amide bonds. The first kappa shape index (κ1) is 17.0. The fourth-order valence-corrected chi connectivity index (χ4v) is 5.40. The lowest BCUT2D eigenvalue weighted by molar-refractivity contribution is 0.385. The van der Waals surface area contributed by atoms with Gasteiger partial charge < -0.3 is 4.90 Å². The minimum atomic E-state index is -3.64. The van der Waals surface area contributed by atoms with Gasteiger partial charge in [-0.25, -0.2) is 13.4 Å². The molecule has 2 heterocycles. The number of piperazine rings is 1. The zero-order valence-electron chi connectivity index (χ0n) is 12.4. The molecule has 1 aromatic heterocycles. The van der Waals surface area contributed by atoms with Gasteiger partial charge in [0.1, 0.15) is 4.90 Å². The van der Waals surface area contributed by atoms with Gasteiger partial charge in [-0.2, -0.15) is 4.31 Å². The molecule has 9 heteroatoms. The van der Waals surface area contributed by atoms with Crippen LogP contribution in [0.25, 0.3) is 0 Å². The summed E-state index contributed by atoms with van der Waals surface area (Å²) in [4.78, 5) is 7.65. The highest BCUT2D eigenvalue weighted by atomic mass is 35.5. The Kier molecular flexibility index (Phi) is 4.85. The van der Waals surface area contributed by atoms with Gasteiger partial charge in [-0.3, -0.25) is 0 Å². The van der Waals surface area contributed by atoms with Crippen molar-refractivity contribution in [3.05, 3.63) is 39.3 Å². The van der Waals surface area contributed by atoms with Crippen LogP contribution in [-0.2, 0) is 10.0 Å². The Morgan fingerprint density at radius 1 is 1.17 bits per heavy atom. The second-order valence-corrected chi connectivity index (χ2v) is 9.10.